The molecule has 0 aromatic heterocycles. The topological polar surface area (TPSA) is 13.0 Å². The molecule has 0 bridgehead atoms. The van der Waals surface area contributed by atoms with E-state index in [0.717, 1.165) is 47.8 Å². The predicted octanol–water partition coefficient (Wildman–Crippen LogP) is 6.76. The van der Waals surface area contributed by atoms with Crippen LogP contribution in [-0.2, 0) is 0 Å². The summed E-state index contributed by atoms with van der Waals surface area (Å²) in [6, 6.07) is 17.6. The first-order valence-electron chi connectivity index (χ1n) is 12.6. The second-order valence-electron chi connectivity index (χ2n) is 10.2. The number of benzene rings is 3. The molecule has 0 unspecified atom stereocenters. The molecule has 36 heavy (non-hydrogen) atoms. The quantitative estimate of drug-likeness (QED) is 0.354. The Morgan fingerprint density at radius 3 is 1.19 bits per heavy atom. The largest absolute Gasteiger partial charge is 0.317 e. The lowest BCUT2D eigenvalue weighted by Crippen LogP contribution is -2.33. The van der Waals surface area contributed by atoms with Gasteiger partial charge in [0.1, 0.15) is 0 Å². The lowest BCUT2D eigenvalue weighted by molar-refractivity contribution is 1.01. The van der Waals surface area contributed by atoms with Gasteiger partial charge in [-0.15, -0.1) is 0 Å². The third-order valence-electron chi connectivity index (χ3n) is 7.28. The Kier molecular flexibility index (Phi) is 6.52. The molecule has 3 aromatic rings. The molecule has 2 aliphatic heterocycles. The highest BCUT2D eigenvalue weighted by molar-refractivity contribution is 7.81. The standard InChI is InChI=1S/C30H34N4S2/c1-19-14-21(3)27(22(4)15-19)33-12-10-31(29(33)35)25-8-7-9-26(18-25)32-11-13-34(30(32)36)28-23(5)16-20(2)17-24(28)6/h7-9,14-18H,10-13H2,1-6H3. The summed E-state index contributed by atoms with van der Waals surface area (Å²) in [5.74, 6) is 0. The van der Waals surface area contributed by atoms with Crippen LogP contribution in [0.4, 0.5) is 22.7 Å². The minimum atomic E-state index is 0.860. The monoisotopic (exact) mass is 514 g/mol. The first-order valence-corrected chi connectivity index (χ1v) is 13.4. The van der Waals surface area contributed by atoms with E-state index in [1.807, 2.05) is 0 Å². The third-order valence-corrected chi connectivity index (χ3v) is 8.16. The van der Waals surface area contributed by atoms with Crippen LogP contribution in [-0.4, -0.2) is 36.4 Å². The van der Waals surface area contributed by atoms with Crippen molar-refractivity contribution in [3.8, 4) is 0 Å². The van der Waals surface area contributed by atoms with E-state index >= 15 is 0 Å². The van der Waals surface area contributed by atoms with Crippen molar-refractivity contribution in [1.82, 2.24) is 0 Å². The van der Waals surface area contributed by atoms with Crippen LogP contribution in [0.25, 0.3) is 0 Å². The van der Waals surface area contributed by atoms with E-state index in [4.69, 9.17) is 24.4 Å². The zero-order chi connectivity index (χ0) is 25.7. The van der Waals surface area contributed by atoms with Crippen LogP contribution < -0.4 is 19.6 Å². The van der Waals surface area contributed by atoms with E-state index < -0.39 is 0 Å². The Bertz CT molecular complexity index is 1230. The van der Waals surface area contributed by atoms with E-state index in [1.54, 1.807) is 0 Å². The SMILES string of the molecule is Cc1cc(C)c(N2CCN(c3cccc(N4CCN(c5c(C)cc(C)cc5C)C4=S)c3)C2=S)c(C)c1. The summed E-state index contributed by atoms with van der Waals surface area (Å²) in [6.45, 7) is 16.5. The average molecular weight is 515 g/mol. The Morgan fingerprint density at radius 1 is 0.500 bits per heavy atom. The lowest BCUT2D eigenvalue weighted by Gasteiger charge is -2.27. The van der Waals surface area contributed by atoms with Crippen molar-refractivity contribution in [1.29, 1.82) is 0 Å². The molecule has 2 saturated heterocycles. The molecule has 186 valence electrons. The average Bonchev–Trinajstić information content (AvgIpc) is 3.36. The second-order valence-corrected chi connectivity index (χ2v) is 10.9. The van der Waals surface area contributed by atoms with Gasteiger partial charge in [0.2, 0.25) is 0 Å². The van der Waals surface area contributed by atoms with Crippen molar-refractivity contribution in [3.63, 3.8) is 0 Å². The molecular formula is C30H34N4S2. The molecular weight excluding hydrogens is 480 g/mol. The van der Waals surface area contributed by atoms with Crippen molar-refractivity contribution < 1.29 is 0 Å². The first-order chi connectivity index (χ1) is 17.2. The fourth-order valence-electron chi connectivity index (χ4n) is 5.99. The molecule has 0 amide bonds. The van der Waals surface area contributed by atoms with Crippen LogP contribution in [0.5, 0.6) is 0 Å². The molecule has 2 aliphatic rings. The zero-order valence-electron chi connectivity index (χ0n) is 22.1. The minimum absolute atomic E-state index is 0.860. The summed E-state index contributed by atoms with van der Waals surface area (Å²) in [5.41, 5.74) is 12.4. The van der Waals surface area contributed by atoms with Crippen molar-refractivity contribution in [3.05, 3.63) is 81.9 Å². The van der Waals surface area contributed by atoms with Crippen molar-refractivity contribution in [2.75, 3.05) is 45.8 Å². The Labute approximate surface area is 226 Å². The van der Waals surface area contributed by atoms with Crippen LogP contribution in [0.3, 0.4) is 0 Å². The normalized spacial score (nSPS) is 16.1. The maximum atomic E-state index is 6.01. The molecule has 2 heterocycles. The van der Waals surface area contributed by atoms with E-state index in [1.165, 1.54) is 44.8 Å². The molecule has 2 fully saturated rings. The van der Waals surface area contributed by atoms with E-state index in [0.29, 0.717) is 0 Å². The molecule has 0 aliphatic carbocycles. The van der Waals surface area contributed by atoms with Gasteiger partial charge < -0.3 is 19.6 Å². The molecule has 0 spiro atoms. The highest BCUT2D eigenvalue weighted by Gasteiger charge is 2.32. The number of thiocarbonyl (C=S) groups is 2. The van der Waals surface area contributed by atoms with Gasteiger partial charge in [-0.25, -0.2) is 0 Å². The van der Waals surface area contributed by atoms with Gasteiger partial charge in [-0.05, 0) is 106 Å². The maximum Gasteiger partial charge on any atom is 0.180 e. The molecule has 0 N–H and O–H groups in total. The Hall–Kier alpha value is -2.96. The predicted molar refractivity (Wildman–Crippen MR) is 162 cm³/mol. The van der Waals surface area contributed by atoms with Crippen LogP contribution in [0.15, 0.2) is 48.5 Å². The molecule has 0 atom stereocenters. The third kappa shape index (κ3) is 4.27. The highest BCUT2D eigenvalue weighted by Crippen LogP contribution is 2.35. The summed E-state index contributed by atoms with van der Waals surface area (Å²) in [6.07, 6.45) is 0. The molecule has 6 heteroatoms. The summed E-state index contributed by atoms with van der Waals surface area (Å²) < 4.78 is 0. The Morgan fingerprint density at radius 2 is 0.833 bits per heavy atom. The van der Waals surface area contributed by atoms with Gasteiger partial charge in [0.05, 0.1) is 0 Å². The van der Waals surface area contributed by atoms with Crippen LogP contribution in [0.1, 0.15) is 33.4 Å². The van der Waals surface area contributed by atoms with Gasteiger partial charge in [-0.3, -0.25) is 0 Å². The van der Waals surface area contributed by atoms with Crippen LogP contribution in [0.2, 0.25) is 0 Å². The number of aryl methyl sites for hydroxylation is 6. The molecule has 4 nitrogen and oxygen atoms in total. The molecule has 3 aromatic carbocycles. The van der Waals surface area contributed by atoms with E-state index in [-0.39, 0.29) is 0 Å². The molecule has 0 radical (unpaired) electrons. The summed E-state index contributed by atoms with van der Waals surface area (Å²) >= 11 is 12.0. The second kappa shape index (κ2) is 9.49. The summed E-state index contributed by atoms with van der Waals surface area (Å²) in [7, 11) is 0. The van der Waals surface area contributed by atoms with Crippen molar-refractivity contribution >= 4 is 57.4 Å². The maximum absolute atomic E-state index is 6.01. The number of anilines is 4. The Balaban J connectivity index is 1.39. The van der Waals surface area contributed by atoms with Gasteiger partial charge in [0.15, 0.2) is 10.2 Å². The van der Waals surface area contributed by atoms with Crippen LogP contribution in [0, 0.1) is 41.5 Å². The summed E-state index contributed by atoms with van der Waals surface area (Å²) in [5, 5.41) is 1.72. The van der Waals surface area contributed by atoms with Gasteiger partial charge >= 0.3 is 0 Å². The van der Waals surface area contributed by atoms with Gasteiger partial charge in [0.25, 0.3) is 0 Å². The number of hydrogen-bond donors (Lipinski definition) is 0. The zero-order valence-corrected chi connectivity index (χ0v) is 23.7. The first kappa shape index (κ1) is 24.7. The fourth-order valence-corrected chi connectivity index (χ4v) is 6.75. The minimum Gasteiger partial charge on any atom is -0.317 e. The van der Waals surface area contributed by atoms with E-state index in [9.17, 15) is 0 Å². The van der Waals surface area contributed by atoms with Crippen molar-refractivity contribution in [2.24, 2.45) is 0 Å². The smallest absolute Gasteiger partial charge is 0.180 e. The summed E-state index contributed by atoms with van der Waals surface area (Å²) in [4.78, 5) is 9.08. The molecule has 5 rings (SSSR count). The fraction of sp³-hybridized carbons (Fsp3) is 0.333. The lowest BCUT2D eigenvalue weighted by atomic mass is 10.0. The number of rotatable bonds is 4. The van der Waals surface area contributed by atoms with Crippen LogP contribution >= 0.6 is 24.4 Å². The van der Waals surface area contributed by atoms with Crippen molar-refractivity contribution in [2.45, 2.75) is 41.5 Å². The van der Waals surface area contributed by atoms with Gasteiger partial charge in [-0.2, -0.15) is 0 Å². The van der Waals surface area contributed by atoms with Gasteiger partial charge in [-0.1, -0.05) is 41.5 Å². The number of nitrogens with zero attached hydrogens (tertiary/aromatic N) is 4. The van der Waals surface area contributed by atoms with E-state index in [2.05, 4.69) is 110 Å². The number of hydrogen-bond acceptors (Lipinski definition) is 2. The highest BCUT2D eigenvalue weighted by atomic mass is 32.1. The molecule has 0 saturated carbocycles. The van der Waals surface area contributed by atoms with Gasteiger partial charge in [0, 0.05) is 48.9 Å².